The van der Waals surface area contributed by atoms with E-state index in [1.54, 1.807) is 30.3 Å². The van der Waals surface area contributed by atoms with Crippen LogP contribution in [0.3, 0.4) is 0 Å². The minimum atomic E-state index is -0.592. The summed E-state index contributed by atoms with van der Waals surface area (Å²) in [6, 6.07) is 9.50. The van der Waals surface area contributed by atoms with Crippen LogP contribution in [0.15, 0.2) is 54.6 Å². The third kappa shape index (κ3) is 5.80. The van der Waals surface area contributed by atoms with Crippen molar-refractivity contribution in [1.29, 1.82) is 0 Å². The van der Waals surface area contributed by atoms with Crippen molar-refractivity contribution in [3.8, 4) is 11.5 Å². The van der Waals surface area contributed by atoms with Gasteiger partial charge in [-0.2, -0.15) is 0 Å². The maximum Gasteiger partial charge on any atom is 0.269 e. The number of ether oxygens (including phenoxy) is 2. The van der Waals surface area contributed by atoms with E-state index in [-0.39, 0.29) is 23.0 Å². The Morgan fingerprint density at radius 1 is 1.12 bits per heavy atom. The van der Waals surface area contributed by atoms with Gasteiger partial charge in [-0.15, -0.1) is 6.58 Å². The molecular formula is C23H21N3O6S. The summed E-state index contributed by atoms with van der Waals surface area (Å²) in [6.45, 7) is 6.11. The molecule has 0 bridgehead atoms. The fraction of sp³-hybridized carbons (Fsp3) is 0.174. The molecule has 3 rings (SSSR count). The zero-order valence-electron chi connectivity index (χ0n) is 17.8. The SMILES string of the molecule is C=CCc1cc(C=C2C(=O)NC(=S)NC2=O)cc(OCC)c1OCc1ccc([N+](=O)[O-])cc1. The van der Waals surface area contributed by atoms with Crippen LogP contribution in [0.5, 0.6) is 11.5 Å². The lowest BCUT2D eigenvalue weighted by molar-refractivity contribution is -0.384. The maximum absolute atomic E-state index is 12.2. The van der Waals surface area contributed by atoms with E-state index in [9.17, 15) is 19.7 Å². The molecule has 2 N–H and O–H groups in total. The van der Waals surface area contributed by atoms with Gasteiger partial charge in [0.2, 0.25) is 0 Å². The lowest BCUT2D eigenvalue weighted by atomic mass is 10.0. The Labute approximate surface area is 195 Å². The molecule has 2 aromatic rings. The van der Waals surface area contributed by atoms with E-state index < -0.39 is 16.7 Å². The summed E-state index contributed by atoms with van der Waals surface area (Å²) in [5.74, 6) is -0.273. The van der Waals surface area contributed by atoms with Crippen molar-refractivity contribution < 1.29 is 24.0 Å². The molecule has 0 atom stereocenters. The topological polar surface area (TPSA) is 120 Å². The number of nitrogens with one attached hydrogen (secondary N) is 2. The van der Waals surface area contributed by atoms with E-state index in [4.69, 9.17) is 21.7 Å². The van der Waals surface area contributed by atoms with Crippen LogP contribution in [0.2, 0.25) is 0 Å². The van der Waals surface area contributed by atoms with Gasteiger partial charge in [0.1, 0.15) is 12.2 Å². The Bertz CT molecular complexity index is 1140. The number of nitro groups is 1. The fourth-order valence-electron chi connectivity index (χ4n) is 3.14. The Balaban J connectivity index is 1.94. The van der Waals surface area contributed by atoms with Crippen LogP contribution < -0.4 is 20.1 Å². The van der Waals surface area contributed by atoms with Gasteiger partial charge in [0, 0.05) is 17.7 Å². The first-order valence-corrected chi connectivity index (χ1v) is 10.4. The third-order valence-corrected chi connectivity index (χ3v) is 4.81. The van der Waals surface area contributed by atoms with Gasteiger partial charge in [-0.1, -0.05) is 6.08 Å². The second-order valence-electron chi connectivity index (χ2n) is 6.94. The first-order chi connectivity index (χ1) is 15.8. The van der Waals surface area contributed by atoms with Crippen LogP contribution in [0.25, 0.3) is 6.08 Å². The van der Waals surface area contributed by atoms with Crippen LogP contribution in [0.1, 0.15) is 23.6 Å². The van der Waals surface area contributed by atoms with Gasteiger partial charge >= 0.3 is 0 Å². The van der Waals surface area contributed by atoms with Gasteiger partial charge in [0.25, 0.3) is 17.5 Å². The molecule has 9 nitrogen and oxygen atoms in total. The standard InChI is InChI=1S/C23H21N3O6S/c1-3-5-16-10-15(11-18-21(27)24-23(33)25-22(18)28)12-19(31-4-2)20(16)32-13-14-6-8-17(9-7-14)26(29)30/h3,6-12H,1,4-5,13H2,2H3,(H2,24,25,27,28,33). The van der Waals surface area contributed by atoms with Crippen LogP contribution >= 0.6 is 12.2 Å². The molecule has 0 aliphatic carbocycles. The number of rotatable bonds is 9. The van der Waals surface area contributed by atoms with E-state index in [0.717, 1.165) is 11.1 Å². The molecule has 33 heavy (non-hydrogen) atoms. The highest BCUT2D eigenvalue weighted by molar-refractivity contribution is 7.80. The molecule has 0 unspecified atom stereocenters. The molecule has 2 amide bonds. The number of carbonyl (C=O) groups is 2. The van der Waals surface area contributed by atoms with Crippen molar-refractivity contribution in [1.82, 2.24) is 10.6 Å². The van der Waals surface area contributed by atoms with Gasteiger partial charge in [0.05, 0.1) is 11.5 Å². The molecule has 1 aliphatic rings. The molecular weight excluding hydrogens is 446 g/mol. The van der Waals surface area contributed by atoms with Gasteiger partial charge in [-0.25, -0.2) is 0 Å². The molecule has 1 heterocycles. The zero-order valence-corrected chi connectivity index (χ0v) is 18.6. The van der Waals surface area contributed by atoms with Gasteiger partial charge < -0.3 is 9.47 Å². The minimum Gasteiger partial charge on any atom is -0.490 e. The van der Waals surface area contributed by atoms with Gasteiger partial charge in [0.15, 0.2) is 16.6 Å². The van der Waals surface area contributed by atoms with E-state index in [0.29, 0.717) is 30.1 Å². The van der Waals surface area contributed by atoms with E-state index in [1.165, 1.54) is 18.2 Å². The lowest BCUT2D eigenvalue weighted by Crippen LogP contribution is -2.51. The number of non-ortho nitro benzene ring substituents is 1. The highest BCUT2D eigenvalue weighted by atomic mass is 32.1. The van der Waals surface area contributed by atoms with Crippen molar-refractivity contribution in [2.24, 2.45) is 0 Å². The molecule has 0 aromatic heterocycles. The third-order valence-electron chi connectivity index (χ3n) is 4.60. The number of benzene rings is 2. The lowest BCUT2D eigenvalue weighted by Gasteiger charge is -2.18. The minimum absolute atomic E-state index is 0.00459. The number of thiocarbonyl (C=S) groups is 1. The molecule has 2 aromatic carbocycles. The number of carbonyl (C=O) groups excluding carboxylic acids is 2. The van der Waals surface area contributed by atoms with Crippen LogP contribution in [-0.2, 0) is 22.6 Å². The van der Waals surface area contributed by atoms with Crippen molar-refractivity contribution >= 4 is 40.9 Å². The number of nitro benzene ring substituents is 1. The van der Waals surface area contributed by atoms with E-state index in [1.807, 2.05) is 6.92 Å². The number of allylic oxidation sites excluding steroid dienone is 1. The molecule has 0 spiro atoms. The second kappa shape index (κ2) is 10.5. The number of amides is 2. The Kier molecular flexibility index (Phi) is 7.52. The van der Waals surface area contributed by atoms with Crippen molar-refractivity contribution in [3.63, 3.8) is 0 Å². The summed E-state index contributed by atoms with van der Waals surface area (Å²) in [7, 11) is 0. The average Bonchev–Trinajstić information content (AvgIpc) is 2.76. The second-order valence-corrected chi connectivity index (χ2v) is 7.35. The predicted octanol–water partition coefficient (Wildman–Crippen LogP) is 3.22. The Hall–Kier alpha value is -4.05. The van der Waals surface area contributed by atoms with Gasteiger partial charge in [-0.3, -0.25) is 30.3 Å². The summed E-state index contributed by atoms with van der Waals surface area (Å²) < 4.78 is 11.8. The molecule has 1 fully saturated rings. The smallest absolute Gasteiger partial charge is 0.269 e. The summed E-state index contributed by atoms with van der Waals surface area (Å²) in [4.78, 5) is 34.8. The summed E-state index contributed by atoms with van der Waals surface area (Å²) in [5, 5.41) is 15.6. The summed E-state index contributed by atoms with van der Waals surface area (Å²) >= 11 is 4.82. The average molecular weight is 468 g/mol. The first kappa shape index (κ1) is 23.6. The molecule has 10 heteroatoms. The Morgan fingerprint density at radius 3 is 2.36 bits per heavy atom. The Morgan fingerprint density at radius 2 is 1.79 bits per heavy atom. The van der Waals surface area contributed by atoms with Crippen LogP contribution in [0, 0.1) is 10.1 Å². The van der Waals surface area contributed by atoms with Crippen LogP contribution in [-0.4, -0.2) is 28.5 Å². The molecule has 0 saturated carbocycles. The van der Waals surface area contributed by atoms with Gasteiger partial charge in [-0.05, 0) is 67.0 Å². The molecule has 1 aliphatic heterocycles. The van der Waals surface area contributed by atoms with E-state index in [2.05, 4.69) is 17.2 Å². The summed E-state index contributed by atoms with van der Waals surface area (Å²) in [5.41, 5.74) is 1.94. The number of nitrogens with zero attached hydrogens (tertiary/aromatic N) is 1. The van der Waals surface area contributed by atoms with E-state index >= 15 is 0 Å². The molecule has 0 radical (unpaired) electrons. The molecule has 1 saturated heterocycles. The fourth-order valence-corrected chi connectivity index (χ4v) is 3.33. The normalized spacial score (nSPS) is 13.1. The van der Waals surface area contributed by atoms with Crippen molar-refractivity contribution in [2.45, 2.75) is 20.0 Å². The first-order valence-electron chi connectivity index (χ1n) is 9.97. The maximum atomic E-state index is 12.2. The van der Waals surface area contributed by atoms with Crippen molar-refractivity contribution in [2.75, 3.05) is 6.61 Å². The molecule has 170 valence electrons. The highest BCUT2D eigenvalue weighted by Gasteiger charge is 2.26. The zero-order chi connectivity index (χ0) is 24.0. The largest absolute Gasteiger partial charge is 0.490 e. The number of hydrogen-bond acceptors (Lipinski definition) is 7. The summed E-state index contributed by atoms with van der Waals surface area (Å²) in [6.07, 6.45) is 3.58. The predicted molar refractivity (Wildman–Crippen MR) is 126 cm³/mol. The van der Waals surface area contributed by atoms with Crippen molar-refractivity contribution in [3.05, 3.63) is 81.4 Å². The monoisotopic (exact) mass is 467 g/mol. The van der Waals surface area contributed by atoms with Crippen LogP contribution in [0.4, 0.5) is 5.69 Å². The number of hydrogen-bond donors (Lipinski definition) is 2. The highest BCUT2D eigenvalue weighted by Crippen LogP contribution is 2.35. The quantitative estimate of drug-likeness (QED) is 0.145.